The van der Waals surface area contributed by atoms with E-state index in [0.717, 1.165) is 16.7 Å². The van der Waals surface area contributed by atoms with Crippen molar-refractivity contribution in [1.82, 2.24) is 9.78 Å². The van der Waals surface area contributed by atoms with Gasteiger partial charge in [0.15, 0.2) is 0 Å². The minimum atomic E-state index is -0.968. The first-order chi connectivity index (χ1) is 19.1. The van der Waals surface area contributed by atoms with Crippen LogP contribution in [0.5, 0.6) is 0 Å². The second kappa shape index (κ2) is 10.5. The molecule has 1 aromatic heterocycles. The van der Waals surface area contributed by atoms with Gasteiger partial charge >= 0.3 is 0 Å². The summed E-state index contributed by atoms with van der Waals surface area (Å²) in [7, 11) is 0. The SMILES string of the molecule is CC1=C(C(=O)Nc2ccc(C)cc2C)[C@H](c2ccccc2[N+](=O)[O-])n2ncc(C(=O)Nc3ccc(C)cc3)c2N1. The number of hydrogen-bond donors (Lipinski definition) is 3. The Kier molecular flexibility index (Phi) is 6.91. The van der Waals surface area contributed by atoms with E-state index in [1.54, 1.807) is 37.3 Å². The number of hydrogen-bond acceptors (Lipinski definition) is 6. The second-order valence-electron chi connectivity index (χ2n) is 9.83. The van der Waals surface area contributed by atoms with Crippen LogP contribution in [-0.4, -0.2) is 26.5 Å². The summed E-state index contributed by atoms with van der Waals surface area (Å²) in [5, 5.41) is 25.5. The standard InChI is InChI=1S/C30H28N6O4/c1-17-9-12-21(13-10-17)33-29(37)23-16-31-35-27(22-7-5-6-8-25(22)36(39)40)26(20(4)32-28(23)35)30(38)34-24-14-11-18(2)15-19(24)3/h5-16,27,32H,1-4H3,(H,33,37)(H,34,38)/t27-/m0/s1. The average molecular weight is 537 g/mol. The van der Waals surface area contributed by atoms with Gasteiger partial charge in [-0.25, -0.2) is 4.68 Å². The van der Waals surface area contributed by atoms with E-state index in [1.165, 1.54) is 16.9 Å². The van der Waals surface area contributed by atoms with Gasteiger partial charge in [-0.2, -0.15) is 5.10 Å². The fraction of sp³-hybridized carbons (Fsp3) is 0.167. The number of aromatic nitrogens is 2. The van der Waals surface area contributed by atoms with E-state index in [2.05, 4.69) is 21.0 Å². The number of nitro benzene ring substituents is 1. The molecule has 0 spiro atoms. The summed E-state index contributed by atoms with van der Waals surface area (Å²) < 4.78 is 1.45. The molecule has 202 valence electrons. The first kappa shape index (κ1) is 26.4. The predicted octanol–water partition coefficient (Wildman–Crippen LogP) is 5.90. The quantitative estimate of drug-likeness (QED) is 0.208. The lowest BCUT2D eigenvalue weighted by Crippen LogP contribution is -2.32. The molecule has 0 bridgehead atoms. The molecule has 0 saturated carbocycles. The van der Waals surface area contributed by atoms with Crippen LogP contribution in [0, 0.1) is 30.9 Å². The lowest BCUT2D eigenvalue weighted by atomic mass is 9.93. The van der Waals surface area contributed by atoms with Gasteiger partial charge in [0.25, 0.3) is 17.5 Å². The minimum Gasteiger partial charge on any atom is -0.343 e. The van der Waals surface area contributed by atoms with Gasteiger partial charge in [0, 0.05) is 23.1 Å². The topological polar surface area (TPSA) is 131 Å². The largest absolute Gasteiger partial charge is 0.343 e. The van der Waals surface area contributed by atoms with E-state index < -0.39 is 22.8 Å². The summed E-state index contributed by atoms with van der Waals surface area (Å²) >= 11 is 0. The van der Waals surface area contributed by atoms with Crippen molar-refractivity contribution in [2.24, 2.45) is 0 Å². The molecule has 2 heterocycles. The lowest BCUT2D eigenvalue weighted by molar-refractivity contribution is -0.385. The Morgan fingerprint density at radius 1 is 0.925 bits per heavy atom. The van der Waals surface area contributed by atoms with Crippen LogP contribution in [0.3, 0.4) is 0 Å². The molecule has 40 heavy (non-hydrogen) atoms. The fourth-order valence-electron chi connectivity index (χ4n) is 4.87. The first-order valence-corrected chi connectivity index (χ1v) is 12.7. The third-order valence-corrected chi connectivity index (χ3v) is 6.88. The number of amides is 2. The van der Waals surface area contributed by atoms with Gasteiger partial charge in [-0.15, -0.1) is 0 Å². The van der Waals surface area contributed by atoms with Crippen molar-refractivity contribution < 1.29 is 14.5 Å². The number of fused-ring (bicyclic) bond motifs is 1. The van der Waals surface area contributed by atoms with Crippen LogP contribution in [0.1, 0.15) is 45.6 Å². The number of aryl methyl sites for hydroxylation is 3. The molecule has 0 aliphatic carbocycles. The number of carbonyl (C=O) groups excluding carboxylic acids is 2. The molecule has 0 saturated heterocycles. The molecule has 1 atom stereocenters. The Balaban J connectivity index is 1.59. The Hall–Kier alpha value is -5.25. The summed E-state index contributed by atoms with van der Waals surface area (Å²) in [6, 6.07) is 18.3. The van der Waals surface area contributed by atoms with Crippen molar-refractivity contribution in [1.29, 1.82) is 0 Å². The van der Waals surface area contributed by atoms with Crippen LogP contribution in [-0.2, 0) is 4.79 Å². The number of allylic oxidation sites excluding steroid dienone is 1. The highest BCUT2D eigenvalue weighted by atomic mass is 16.6. The van der Waals surface area contributed by atoms with Crippen LogP contribution in [0.4, 0.5) is 22.9 Å². The van der Waals surface area contributed by atoms with Crippen molar-refractivity contribution in [3.05, 3.63) is 122 Å². The van der Waals surface area contributed by atoms with Crippen LogP contribution in [0.15, 0.2) is 84.2 Å². The number of para-hydroxylation sites is 1. The van der Waals surface area contributed by atoms with E-state index in [-0.39, 0.29) is 22.4 Å². The number of carbonyl (C=O) groups is 2. The van der Waals surface area contributed by atoms with Crippen molar-refractivity contribution in [3.63, 3.8) is 0 Å². The van der Waals surface area contributed by atoms with Gasteiger partial charge < -0.3 is 16.0 Å². The molecule has 0 radical (unpaired) electrons. The number of nitro groups is 1. The van der Waals surface area contributed by atoms with Crippen LogP contribution < -0.4 is 16.0 Å². The lowest BCUT2D eigenvalue weighted by Gasteiger charge is -2.30. The Labute approximate surface area is 230 Å². The van der Waals surface area contributed by atoms with Crippen molar-refractivity contribution in [3.8, 4) is 0 Å². The Bertz CT molecular complexity index is 1690. The third-order valence-electron chi connectivity index (χ3n) is 6.88. The highest BCUT2D eigenvalue weighted by Crippen LogP contribution is 2.41. The molecule has 0 unspecified atom stereocenters. The summed E-state index contributed by atoms with van der Waals surface area (Å²) in [4.78, 5) is 38.6. The second-order valence-corrected chi connectivity index (χ2v) is 9.83. The number of anilines is 3. The molecular weight excluding hydrogens is 508 g/mol. The summed E-state index contributed by atoms with van der Waals surface area (Å²) in [5.74, 6) is -0.518. The minimum absolute atomic E-state index is 0.161. The van der Waals surface area contributed by atoms with E-state index in [1.807, 2.05) is 51.1 Å². The van der Waals surface area contributed by atoms with E-state index >= 15 is 0 Å². The molecule has 2 amide bonds. The first-order valence-electron chi connectivity index (χ1n) is 12.7. The number of rotatable bonds is 6. The maximum atomic E-state index is 13.8. The third kappa shape index (κ3) is 4.94. The normalized spacial score (nSPS) is 14.2. The van der Waals surface area contributed by atoms with Crippen molar-refractivity contribution in [2.45, 2.75) is 33.7 Å². The molecule has 5 rings (SSSR count). The fourth-order valence-corrected chi connectivity index (χ4v) is 4.87. The van der Waals surface area contributed by atoms with E-state index in [0.29, 0.717) is 22.9 Å². The summed E-state index contributed by atoms with van der Waals surface area (Å²) in [6.45, 7) is 7.52. The zero-order valence-electron chi connectivity index (χ0n) is 22.5. The van der Waals surface area contributed by atoms with Gasteiger partial charge in [-0.1, -0.05) is 47.5 Å². The van der Waals surface area contributed by atoms with Crippen LogP contribution in [0.25, 0.3) is 0 Å². The molecule has 1 aliphatic heterocycles. The average Bonchev–Trinajstić information content (AvgIpc) is 3.34. The monoisotopic (exact) mass is 536 g/mol. The number of nitrogens with zero attached hydrogens (tertiary/aromatic N) is 3. The van der Waals surface area contributed by atoms with Crippen LogP contribution >= 0.6 is 0 Å². The van der Waals surface area contributed by atoms with Gasteiger partial charge in [0.05, 0.1) is 22.3 Å². The maximum Gasteiger partial charge on any atom is 0.275 e. The van der Waals surface area contributed by atoms with Gasteiger partial charge in [-0.3, -0.25) is 19.7 Å². The highest BCUT2D eigenvalue weighted by molar-refractivity contribution is 6.09. The summed E-state index contributed by atoms with van der Waals surface area (Å²) in [5.41, 5.74) is 5.27. The zero-order chi connectivity index (χ0) is 28.6. The molecule has 0 fully saturated rings. The smallest absolute Gasteiger partial charge is 0.275 e. The Morgan fingerprint density at radius 2 is 1.62 bits per heavy atom. The molecule has 10 nitrogen and oxygen atoms in total. The maximum absolute atomic E-state index is 13.8. The highest BCUT2D eigenvalue weighted by Gasteiger charge is 2.38. The van der Waals surface area contributed by atoms with E-state index in [9.17, 15) is 19.7 Å². The van der Waals surface area contributed by atoms with Gasteiger partial charge in [0.1, 0.15) is 17.4 Å². The molecule has 1 aliphatic rings. The molecule has 3 N–H and O–H groups in total. The van der Waals surface area contributed by atoms with Crippen molar-refractivity contribution in [2.75, 3.05) is 16.0 Å². The molecule has 10 heteroatoms. The van der Waals surface area contributed by atoms with Crippen LogP contribution in [0.2, 0.25) is 0 Å². The molecular formula is C30H28N6O4. The van der Waals surface area contributed by atoms with E-state index in [4.69, 9.17) is 0 Å². The predicted molar refractivity (Wildman–Crippen MR) is 153 cm³/mol. The molecule has 4 aromatic rings. The number of benzene rings is 3. The number of nitrogens with one attached hydrogen (secondary N) is 3. The van der Waals surface area contributed by atoms with Gasteiger partial charge in [0.2, 0.25) is 0 Å². The van der Waals surface area contributed by atoms with Crippen molar-refractivity contribution >= 4 is 34.7 Å². The Morgan fingerprint density at radius 3 is 2.33 bits per heavy atom. The summed E-state index contributed by atoms with van der Waals surface area (Å²) in [6.07, 6.45) is 1.39. The van der Waals surface area contributed by atoms with Gasteiger partial charge in [-0.05, 0) is 57.5 Å². The zero-order valence-corrected chi connectivity index (χ0v) is 22.5. The molecule has 3 aromatic carbocycles.